The van der Waals surface area contributed by atoms with E-state index in [1.165, 1.54) is 0 Å². The van der Waals surface area contributed by atoms with E-state index in [1.807, 2.05) is 49.6 Å². The molecule has 0 aliphatic rings. The maximum absolute atomic E-state index is 4.67. The molecular formula is C16H15N5. The van der Waals surface area contributed by atoms with Crippen LogP contribution < -0.4 is 5.32 Å². The van der Waals surface area contributed by atoms with Gasteiger partial charge in [0.05, 0.1) is 35.0 Å². The zero-order valence-corrected chi connectivity index (χ0v) is 11.7. The van der Waals surface area contributed by atoms with Gasteiger partial charge in [0, 0.05) is 12.4 Å². The first-order valence-corrected chi connectivity index (χ1v) is 6.89. The van der Waals surface area contributed by atoms with Gasteiger partial charge in [0.2, 0.25) is 0 Å². The smallest absolute Gasteiger partial charge is 0.128 e. The summed E-state index contributed by atoms with van der Waals surface area (Å²) in [7, 11) is 2.04. The zero-order chi connectivity index (χ0) is 14.2. The quantitative estimate of drug-likeness (QED) is 0.605. The number of aryl methyl sites for hydroxylation is 1. The topological polar surface area (TPSA) is 58.5 Å². The average molecular weight is 277 g/mol. The fourth-order valence-corrected chi connectivity index (χ4v) is 2.64. The summed E-state index contributed by atoms with van der Waals surface area (Å²) >= 11 is 0. The van der Waals surface area contributed by atoms with Crippen LogP contribution in [0.4, 0.5) is 5.69 Å². The second-order valence-electron chi connectivity index (χ2n) is 5.07. The Balaban J connectivity index is 1.66. The van der Waals surface area contributed by atoms with Gasteiger partial charge in [-0.1, -0.05) is 24.3 Å². The molecule has 0 atom stereocenters. The second kappa shape index (κ2) is 4.63. The van der Waals surface area contributed by atoms with Crippen molar-refractivity contribution in [2.24, 2.45) is 7.05 Å². The molecule has 0 radical (unpaired) electrons. The summed E-state index contributed by atoms with van der Waals surface area (Å²) in [6, 6.07) is 14.3. The van der Waals surface area contributed by atoms with E-state index in [0.29, 0.717) is 6.54 Å². The molecule has 21 heavy (non-hydrogen) atoms. The molecule has 0 aliphatic carbocycles. The highest BCUT2D eigenvalue weighted by Gasteiger charge is 2.08. The zero-order valence-electron chi connectivity index (χ0n) is 11.7. The molecule has 0 fully saturated rings. The molecule has 2 aromatic carbocycles. The molecule has 4 rings (SSSR count). The van der Waals surface area contributed by atoms with Crippen LogP contribution in [0.5, 0.6) is 0 Å². The van der Waals surface area contributed by atoms with E-state index < -0.39 is 0 Å². The van der Waals surface area contributed by atoms with Crippen LogP contribution in [0.15, 0.2) is 48.7 Å². The molecule has 2 aromatic heterocycles. The third-order valence-corrected chi connectivity index (χ3v) is 3.79. The number of imidazole rings is 1. The van der Waals surface area contributed by atoms with Crippen LogP contribution in [0, 0.1) is 0 Å². The van der Waals surface area contributed by atoms with Crippen LogP contribution in [0.2, 0.25) is 0 Å². The highest BCUT2D eigenvalue weighted by Crippen LogP contribution is 2.21. The van der Waals surface area contributed by atoms with Crippen LogP contribution in [-0.2, 0) is 13.6 Å². The Morgan fingerprint density at radius 2 is 2.05 bits per heavy atom. The lowest BCUT2D eigenvalue weighted by Gasteiger charge is -2.07. The number of hydrogen-bond donors (Lipinski definition) is 2. The van der Waals surface area contributed by atoms with Crippen molar-refractivity contribution in [1.82, 2.24) is 19.7 Å². The largest absolute Gasteiger partial charge is 0.376 e. The minimum Gasteiger partial charge on any atom is -0.376 e. The van der Waals surface area contributed by atoms with Gasteiger partial charge in [-0.3, -0.25) is 5.10 Å². The van der Waals surface area contributed by atoms with Gasteiger partial charge in [0.1, 0.15) is 5.82 Å². The van der Waals surface area contributed by atoms with Crippen molar-refractivity contribution >= 4 is 27.6 Å². The van der Waals surface area contributed by atoms with Crippen LogP contribution in [-0.4, -0.2) is 19.7 Å². The molecule has 104 valence electrons. The molecular weight excluding hydrogens is 262 g/mol. The third-order valence-electron chi connectivity index (χ3n) is 3.79. The number of nitrogens with zero attached hydrogens (tertiary/aromatic N) is 3. The van der Waals surface area contributed by atoms with E-state index in [4.69, 9.17) is 0 Å². The highest BCUT2D eigenvalue weighted by atomic mass is 15.1. The first kappa shape index (κ1) is 12.0. The number of H-pyrrole nitrogens is 1. The number of nitrogens with one attached hydrogen (secondary N) is 2. The minimum atomic E-state index is 0.670. The van der Waals surface area contributed by atoms with Gasteiger partial charge in [-0.2, -0.15) is 5.10 Å². The molecule has 0 bridgehead atoms. The Hall–Kier alpha value is -2.82. The SMILES string of the molecule is Cn1c(CNc2cccc3cn[nH]c23)nc2ccccc21. The number of benzene rings is 2. The highest BCUT2D eigenvalue weighted by molar-refractivity contribution is 5.89. The Bertz CT molecular complexity index is 919. The van der Waals surface area contributed by atoms with E-state index in [2.05, 4.69) is 31.1 Å². The van der Waals surface area contributed by atoms with Crippen molar-refractivity contribution in [1.29, 1.82) is 0 Å². The lowest BCUT2D eigenvalue weighted by atomic mass is 10.2. The number of anilines is 1. The summed E-state index contributed by atoms with van der Waals surface area (Å²) in [4.78, 5) is 4.67. The maximum atomic E-state index is 4.67. The van der Waals surface area contributed by atoms with Gasteiger partial charge in [0.15, 0.2) is 0 Å². The van der Waals surface area contributed by atoms with E-state index in [1.54, 1.807) is 0 Å². The normalized spacial score (nSPS) is 11.3. The first-order valence-electron chi connectivity index (χ1n) is 6.89. The van der Waals surface area contributed by atoms with Gasteiger partial charge in [-0.15, -0.1) is 0 Å². The van der Waals surface area contributed by atoms with E-state index in [0.717, 1.165) is 33.4 Å². The van der Waals surface area contributed by atoms with Crippen LogP contribution in [0.25, 0.3) is 21.9 Å². The number of aromatic amines is 1. The molecule has 5 heteroatoms. The molecule has 4 aromatic rings. The van der Waals surface area contributed by atoms with Gasteiger partial charge < -0.3 is 9.88 Å². The van der Waals surface area contributed by atoms with Crippen molar-refractivity contribution < 1.29 is 0 Å². The minimum absolute atomic E-state index is 0.670. The van der Waals surface area contributed by atoms with Crippen molar-refractivity contribution in [3.63, 3.8) is 0 Å². The van der Waals surface area contributed by atoms with Crippen LogP contribution in [0.3, 0.4) is 0 Å². The lowest BCUT2D eigenvalue weighted by molar-refractivity contribution is 0.835. The fraction of sp³-hybridized carbons (Fsp3) is 0.125. The number of para-hydroxylation sites is 3. The van der Waals surface area contributed by atoms with Crippen molar-refractivity contribution in [3.8, 4) is 0 Å². The molecule has 0 spiro atoms. The van der Waals surface area contributed by atoms with Gasteiger partial charge in [-0.25, -0.2) is 4.98 Å². The number of hydrogen-bond acceptors (Lipinski definition) is 3. The number of aromatic nitrogens is 4. The van der Waals surface area contributed by atoms with E-state index in [-0.39, 0.29) is 0 Å². The maximum Gasteiger partial charge on any atom is 0.128 e. The summed E-state index contributed by atoms with van der Waals surface area (Å²) in [6.45, 7) is 0.670. The van der Waals surface area contributed by atoms with Crippen molar-refractivity contribution in [3.05, 3.63) is 54.5 Å². The third kappa shape index (κ3) is 1.94. The first-order chi connectivity index (χ1) is 10.3. The fourth-order valence-electron chi connectivity index (χ4n) is 2.64. The predicted octanol–water partition coefficient (Wildman–Crippen LogP) is 3.06. The molecule has 0 unspecified atom stereocenters. The van der Waals surface area contributed by atoms with E-state index in [9.17, 15) is 0 Å². The number of rotatable bonds is 3. The Morgan fingerprint density at radius 3 is 2.95 bits per heavy atom. The Morgan fingerprint density at radius 1 is 1.14 bits per heavy atom. The van der Waals surface area contributed by atoms with Crippen molar-refractivity contribution in [2.45, 2.75) is 6.54 Å². The average Bonchev–Trinajstić information content (AvgIpc) is 3.11. The molecule has 2 N–H and O–H groups in total. The summed E-state index contributed by atoms with van der Waals surface area (Å²) in [5.41, 5.74) is 4.24. The molecule has 0 saturated carbocycles. The Kier molecular flexibility index (Phi) is 2.64. The van der Waals surface area contributed by atoms with Gasteiger partial charge in [-0.05, 0) is 18.2 Å². The summed E-state index contributed by atoms with van der Waals surface area (Å²) in [5.74, 6) is 1.01. The monoisotopic (exact) mass is 277 g/mol. The van der Waals surface area contributed by atoms with Gasteiger partial charge >= 0.3 is 0 Å². The second-order valence-corrected chi connectivity index (χ2v) is 5.07. The van der Waals surface area contributed by atoms with Crippen LogP contribution in [0.1, 0.15) is 5.82 Å². The summed E-state index contributed by atoms with van der Waals surface area (Å²) < 4.78 is 2.12. The predicted molar refractivity (Wildman–Crippen MR) is 84.1 cm³/mol. The Labute approximate surface area is 121 Å². The van der Waals surface area contributed by atoms with Crippen LogP contribution >= 0.6 is 0 Å². The molecule has 0 saturated heterocycles. The molecule has 0 aliphatic heterocycles. The standard InChI is InChI=1S/C16H15N5/c1-21-14-8-3-2-6-12(14)19-15(21)10-17-13-7-4-5-11-9-18-20-16(11)13/h2-9,17H,10H2,1H3,(H,18,20). The van der Waals surface area contributed by atoms with Gasteiger partial charge in [0.25, 0.3) is 0 Å². The van der Waals surface area contributed by atoms with E-state index >= 15 is 0 Å². The summed E-state index contributed by atoms with van der Waals surface area (Å²) in [6.07, 6.45) is 1.83. The van der Waals surface area contributed by atoms with Crippen molar-refractivity contribution in [2.75, 3.05) is 5.32 Å². The molecule has 5 nitrogen and oxygen atoms in total. The molecule has 0 amide bonds. The molecule has 2 heterocycles. The lowest BCUT2D eigenvalue weighted by Crippen LogP contribution is -2.06. The number of fused-ring (bicyclic) bond motifs is 2. The summed E-state index contributed by atoms with van der Waals surface area (Å²) in [5, 5.41) is 11.6.